The topological polar surface area (TPSA) is 46.8 Å². The molecule has 5 nitrogen and oxygen atoms in total. The zero-order valence-electron chi connectivity index (χ0n) is 16.5. The van der Waals surface area contributed by atoms with Gasteiger partial charge in [0.1, 0.15) is 23.9 Å². The lowest BCUT2D eigenvalue weighted by Gasteiger charge is -2.10. The standard InChI is InChI=1S/C22H27N3O2/c1-5-16(2)22(26)21-19-12-11-18(27-15-17-9-7-6-8-10-17)13-25(19)20(23-21)14-24(3)4/h6-13,16H,5,14-15H2,1-4H3. The van der Waals surface area contributed by atoms with Crippen LogP contribution in [0.5, 0.6) is 5.75 Å². The number of carbonyl (C=O) groups excluding carboxylic acids is 1. The molecular weight excluding hydrogens is 338 g/mol. The van der Waals surface area contributed by atoms with Crippen molar-refractivity contribution in [3.8, 4) is 5.75 Å². The van der Waals surface area contributed by atoms with Gasteiger partial charge in [-0.1, -0.05) is 44.2 Å². The Morgan fingerprint density at radius 1 is 1.19 bits per heavy atom. The molecule has 0 bridgehead atoms. The molecule has 2 aromatic heterocycles. The maximum absolute atomic E-state index is 12.8. The highest BCUT2D eigenvalue weighted by Crippen LogP contribution is 2.23. The molecule has 1 atom stereocenters. The van der Waals surface area contributed by atoms with Crippen LogP contribution in [0.25, 0.3) is 5.52 Å². The van der Waals surface area contributed by atoms with Crippen LogP contribution in [0.15, 0.2) is 48.7 Å². The zero-order chi connectivity index (χ0) is 19.4. The molecule has 142 valence electrons. The van der Waals surface area contributed by atoms with Crippen LogP contribution in [0, 0.1) is 5.92 Å². The Balaban J connectivity index is 1.94. The van der Waals surface area contributed by atoms with Crippen molar-refractivity contribution in [2.24, 2.45) is 5.92 Å². The van der Waals surface area contributed by atoms with E-state index in [0.29, 0.717) is 18.8 Å². The summed E-state index contributed by atoms with van der Waals surface area (Å²) in [5.74, 6) is 1.65. The second kappa shape index (κ2) is 8.35. The predicted molar refractivity (Wildman–Crippen MR) is 107 cm³/mol. The molecule has 0 radical (unpaired) electrons. The fraction of sp³-hybridized carbons (Fsp3) is 0.364. The van der Waals surface area contributed by atoms with Crippen LogP contribution in [0.3, 0.4) is 0 Å². The van der Waals surface area contributed by atoms with E-state index in [0.717, 1.165) is 29.1 Å². The van der Waals surface area contributed by atoms with Crippen LogP contribution in [0.1, 0.15) is 42.1 Å². The Kier molecular flexibility index (Phi) is 5.91. The summed E-state index contributed by atoms with van der Waals surface area (Å²) in [5, 5.41) is 0. The SMILES string of the molecule is CCC(C)C(=O)c1nc(CN(C)C)n2cc(OCc3ccccc3)ccc12. The van der Waals surface area contributed by atoms with Gasteiger partial charge in [0.15, 0.2) is 5.78 Å². The van der Waals surface area contributed by atoms with Gasteiger partial charge in [0, 0.05) is 5.92 Å². The lowest BCUT2D eigenvalue weighted by Crippen LogP contribution is -2.14. The van der Waals surface area contributed by atoms with Crippen molar-refractivity contribution < 1.29 is 9.53 Å². The molecular formula is C22H27N3O2. The van der Waals surface area contributed by atoms with Crippen molar-refractivity contribution in [3.63, 3.8) is 0 Å². The van der Waals surface area contributed by atoms with Gasteiger partial charge in [-0.25, -0.2) is 4.98 Å². The van der Waals surface area contributed by atoms with Crippen molar-refractivity contribution in [1.82, 2.24) is 14.3 Å². The van der Waals surface area contributed by atoms with Gasteiger partial charge in [-0.05, 0) is 38.2 Å². The molecule has 3 aromatic rings. The van der Waals surface area contributed by atoms with Crippen LogP contribution >= 0.6 is 0 Å². The summed E-state index contributed by atoms with van der Waals surface area (Å²) < 4.78 is 7.93. The monoisotopic (exact) mass is 365 g/mol. The third kappa shape index (κ3) is 4.37. The van der Waals surface area contributed by atoms with Gasteiger partial charge in [0.2, 0.25) is 0 Å². The number of rotatable bonds is 8. The number of ketones is 1. The van der Waals surface area contributed by atoms with Gasteiger partial charge in [0.05, 0.1) is 18.3 Å². The number of hydrogen-bond donors (Lipinski definition) is 0. The van der Waals surface area contributed by atoms with E-state index < -0.39 is 0 Å². The van der Waals surface area contributed by atoms with Gasteiger partial charge in [-0.3, -0.25) is 9.20 Å². The van der Waals surface area contributed by atoms with Gasteiger partial charge in [-0.15, -0.1) is 0 Å². The number of carbonyl (C=O) groups is 1. The molecule has 3 rings (SSSR count). The summed E-state index contributed by atoms with van der Waals surface area (Å²) in [6.07, 6.45) is 2.73. The molecule has 0 N–H and O–H groups in total. The first-order valence-corrected chi connectivity index (χ1v) is 9.36. The molecule has 1 aromatic carbocycles. The summed E-state index contributed by atoms with van der Waals surface area (Å²) >= 11 is 0. The minimum Gasteiger partial charge on any atom is -0.487 e. The molecule has 0 aliphatic carbocycles. The van der Waals surface area contributed by atoms with Crippen molar-refractivity contribution in [3.05, 3.63) is 65.7 Å². The first kappa shape index (κ1) is 19.1. The smallest absolute Gasteiger partial charge is 0.186 e. The maximum Gasteiger partial charge on any atom is 0.186 e. The Bertz CT molecular complexity index is 916. The van der Waals surface area contributed by atoms with Crippen LogP contribution in [0.4, 0.5) is 0 Å². The number of aromatic nitrogens is 2. The lowest BCUT2D eigenvalue weighted by molar-refractivity contribution is 0.0924. The van der Waals surface area contributed by atoms with E-state index in [1.165, 1.54) is 0 Å². The first-order chi connectivity index (χ1) is 13.0. The van der Waals surface area contributed by atoms with Crippen LogP contribution in [-0.2, 0) is 13.2 Å². The Morgan fingerprint density at radius 2 is 1.93 bits per heavy atom. The van der Waals surface area contributed by atoms with Gasteiger partial charge < -0.3 is 9.64 Å². The summed E-state index contributed by atoms with van der Waals surface area (Å²) in [6.45, 7) is 5.13. The largest absolute Gasteiger partial charge is 0.487 e. The summed E-state index contributed by atoms with van der Waals surface area (Å²) in [4.78, 5) is 19.5. The summed E-state index contributed by atoms with van der Waals surface area (Å²) in [6, 6.07) is 13.9. The summed E-state index contributed by atoms with van der Waals surface area (Å²) in [5.41, 5.74) is 2.50. The molecule has 0 aliphatic heterocycles. The van der Waals surface area contributed by atoms with Gasteiger partial charge in [-0.2, -0.15) is 0 Å². The minimum atomic E-state index is -0.0371. The molecule has 1 unspecified atom stereocenters. The zero-order valence-corrected chi connectivity index (χ0v) is 16.5. The van der Waals surface area contributed by atoms with Crippen LogP contribution in [-0.4, -0.2) is 34.2 Å². The highest BCUT2D eigenvalue weighted by molar-refractivity contribution is 6.02. The highest BCUT2D eigenvalue weighted by atomic mass is 16.5. The second-order valence-corrected chi connectivity index (χ2v) is 7.18. The van der Waals surface area contributed by atoms with Crippen LogP contribution < -0.4 is 4.74 Å². The molecule has 0 amide bonds. The van der Waals surface area contributed by atoms with E-state index in [1.807, 2.05) is 85.9 Å². The summed E-state index contributed by atoms with van der Waals surface area (Å²) in [7, 11) is 3.99. The Hall–Kier alpha value is -2.66. The number of nitrogens with zero attached hydrogens (tertiary/aromatic N) is 3. The molecule has 5 heteroatoms. The molecule has 0 saturated heterocycles. The molecule has 0 fully saturated rings. The number of hydrogen-bond acceptors (Lipinski definition) is 4. The fourth-order valence-electron chi connectivity index (χ4n) is 2.95. The molecule has 2 heterocycles. The van der Waals surface area contributed by atoms with E-state index in [9.17, 15) is 4.79 Å². The number of ether oxygens (including phenoxy) is 1. The van der Waals surface area contributed by atoms with Crippen molar-refractivity contribution in [1.29, 1.82) is 0 Å². The van der Waals surface area contributed by atoms with E-state index >= 15 is 0 Å². The quantitative estimate of drug-likeness (QED) is 0.561. The van der Waals surface area contributed by atoms with E-state index in [4.69, 9.17) is 4.74 Å². The number of imidazole rings is 1. The Labute approximate surface area is 160 Å². The van der Waals surface area contributed by atoms with E-state index in [-0.39, 0.29) is 11.7 Å². The normalized spacial score (nSPS) is 12.5. The molecule has 27 heavy (non-hydrogen) atoms. The van der Waals surface area contributed by atoms with Gasteiger partial charge >= 0.3 is 0 Å². The first-order valence-electron chi connectivity index (χ1n) is 9.36. The second-order valence-electron chi connectivity index (χ2n) is 7.18. The van der Waals surface area contributed by atoms with E-state index in [1.54, 1.807) is 0 Å². The number of Topliss-reactive ketones (excluding diaryl/α,β-unsaturated/α-hetero) is 1. The van der Waals surface area contributed by atoms with Crippen molar-refractivity contribution in [2.75, 3.05) is 14.1 Å². The third-order valence-corrected chi connectivity index (χ3v) is 4.68. The van der Waals surface area contributed by atoms with E-state index in [2.05, 4.69) is 4.98 Å². The minimum absolute atomic E-state index is 0.0371. The van der Waals surface area contributed by atoms with Crippen molar-refractivity contribution in [2.45, 2.75) is 33.4 Å². The lowest BCUT2D eigenvalue weighted by atomic mass is 10.0. The molecule has 0 spiro atoms. The number of benzene rings is 1. The highest BCUT2D eigenvalue weighted by Gasteiger charge is 2.22. The fourth-order valence-corrected chi connectivity index (χ4v) is 2.95. The number of pyridine rings is 1. The van der Waals surface area contributed by atoms with Gasteiger partial charge in [0.25, 0.3) is 0 Å². The average Bonchev–Trinajstić information content (AvgIpc) is 3.03. The molecule has 0 saturated carbocycles. The Morgan fingerprint density at radius 3 is 2.59 bits per heavy atom. The average molecular weight is 365 g/mol. The number of fused-ring (bicyclic) bond motifs is 1. The van der Waals surface area contributed by atoms with Crippen molar-refractivity contribution >= 4 is 11.3 Å². The molecule has 0 aliphatic rings. The maximum atomic E-state index is 12.8. The third-order valence-electron chi connectivity index (χ3n) is 4.68. The predicted octanol–water partition coefficient (Wildman–Crippen LogP) is 4.20. The van der Waals surface area contributed by atoms with Crippen LogP contribution in [0.2, 0.25) is 0 Å².